The minimum atomic E-state index is 0.276. The van der Waals surface area contributed by atoms with Gasteiger partial charge in [-0.25, -0.2) is 0 Å². The second-order valence-corrected chi connectivity index (χ2v) is 7.94. The van der Waals surface area contributed by atoms with Gasteiger partial charge in [0.15, 0.2) is 0 Å². The third kappa shape index (κ3) is 3.67. The summed E-state index contributed by atoms with van der Waals surface area (Å²) in [6, 6.07) is 4.81. The number of likely N-dealkylation sites (N-methyl/N-ethyl adjacent to an activating group) is 1. The standard InChI is InChI=1S/C19H29N3O2/c1-14-11-17(14)18-6-5-16(24-18)12-22(15-3-4-15)13-19(23)21-9-7-20(2)8-10-21/h5-6,14-15,17H,3-4,7-13H2,1-2H3/t14-,17-/m0/s1. The molecule has 2 atom stereocenters. The van der Waals surface area contributed by atoms with E-state index in [2.05, 4.69) is 35.9 Å². The molecule has 2 heterocycles. The van der Waals surface area contributed by atoms with Crippen LogP contribution in [0.25, 0.3) is 0 Å². The van der Waals surface area contributed by atoms with Crippen LogP contribution in [0, 0.1) is 5.92 Å². The number of carbonyl (C=O) groups is 1. The lowest BCUT2D eigenvalue weighted by molar-refractivity contribution is -0.134. The van der Waals surface area contributed by atoms with Gasteiger partial charge >= 0.3 is 0 Å². The molecule has 0 aromatic carbocycles. The molecule has 2 saturated carbocycles. The van der Waals surface area contributed by atoms with E-state index in [9.17, 15) is 4.79 Å². The third-order valence-electron chi connectivity index (χ3n) is 5.77. The summed E-state index contributed by atoms with van der Waals surface area (Å²) in [6.45, 7) is 7.26. The normalized spacial score (nSPS) is 27.7. The minimum absolute atomic E-state index is 0.276. The molecular formula is C19H29N3O2. The average Bonchev–Trinajstić information content (AvgIpc) is 3.48. The molecular weight excluding hydrogens is 302 g/mol. The highest BCUT2D eigenvalue weighted by molar-refractivity contribution is 5.78. The Kier molecular flexibility index (Phi) is 4.39. The molecule has 1 aromatic rings. The van der Waals surface area contributed by atoms with Gasteiger partial charge in [0, 0.05) is 38.1 Å². The molecule has 1 saturated heterocycles. The monoisotopic (exact) mass is 331 g/mol. The van der Waals surface area contributed by atoms with Crippen molar-refractivity contribution in [2.45, 2.75) is 44.7 Å². The van der Waals surface area contributed by atoms with Crippen molar-refractivity contribution in [3.8, 4) is 0 Å². The number of furan rings is 1. The molecule has 3 aliphatic rings. The van der Waals surface area contributed by atoms with Crippen LogP contribution in [0.15, 0.2) is 16.5 Å². The zero-order chi connectivity index (χ0) is 16.7. The largest absolute Gasteiger partial charge is 0.464 e. The molecule has 0 bridgehead atoms. The van der Waals surface area contributed by atoms with E-state index in [-0.39, 0.29) is 5.91 Å². The Bertz CT molecular complexity index is 587. The van der Waals surface area contributed by atoms with E-state index in [0.717, 1.165) is 50.2 Å². The molecule has 132 valence electrons. The molecule has 1 amide bonds. The topological polar surface area (TPSA) is 39.9 Å². The highest BCUT2D eigenvalue weighted by Gasteiger charge is 2.37. The zero-order valence-electron chi connectivity index (χ0n) is 14.9. The van der Waals surface area contributed by atoms with Crippen molar-refractivity contribution in [1.82, 2.24) is 14.7 Å². The predicted octanol–water partition coefficient (Wildman–Crippen LogP) is 2.14. The maximum absolute atomic E-state index is 12.6. The third-order valence-corrected chi connectivity index (χ3v) is 5.77. The van der Waals surface area contributed by atoms with E-state index in [0.29, 0.717) is 18.5 Å². The van der Waals surface area contributed by atoms with Gasteiger partial charge in [0.05, 0.1) is 13.1 Å². The van der Waals surface area contributed by atoms with Crippen LogP contribution in [-0.2, 0) is 11.3 Å². The Morgan fingerprint density at radius 3 is 2.58 bits per heavy atom. The fourth-order valence-corrected chi connectivity index (χ4v) is 3.68. The van der Waals surface area contributed by atoms with Crippen molar-refractivity contribution in [2.75, 3.05) is 39.8 Å². The van der Waals surface area contributed by atoms with Gasteiger partial charge in [0.2, 0.25) is 5.91 Å². The SMILES string of the molecule is C[C@H]1C[C@@H]1c1ccc(CN(CC(=O)N2CCN(C)CC2)C2CC2)o1. The smallest absolute Gasteiger partial charge is 0.236 e. The second kappa shape index (κ2) is 6.52. The molecule has 1 aromatic heterocycles. The van der Waals surface area contributed by atoms with Crippen LogP contribution in [0.5, 0.6) is 0 Å². The summed E-state index contributed by atoms with van der Waals surface area (Å²) >= 11 is 0. The van der Waals surface area contributed by atoms with Crippen LogP contribution in [-0.4, -0.2) is 66.4 Å². The van der Waals surface area contributed by atoms with Crippen molar-refractivity contribution in [2.24, 2.45) is 5.92 Å². The van der Waals surface area contributed by atoms with Gasteiger partial charge < -0.3 is 14.2 Å². The van der Waals surface area contributed by atoms with E-state index in [4.69, 9.17) is 4.42 Å². The summed E-state index contributed by atoms with van der Waals surface area (Å²) in [5, 5.41) is 0. The van der Waals surface area contributed by atoms with Crippen LogP contribution in [0.4, 0.5) is 0 Å². The lowest BCUT2D eigenvalue weighted by atomic mass is 10.3. The number of rotatable bonds is 6. The van der Waals surface area contributed by atoms with Crippen LogP contribution >= 0.6 is 0 Å². The molecule has 1 aliphatic heterocycles. The Morgan fingerprint density at radius 2 is 1.96 bits per heavy atom. The van der Waals surface area contributed by atoms with Crippen molar-refractivity contribution in [1.29, 1.82) is 0 Å². The van der Waals surface area contributed by atoms with Crippen molar-refractivity contribution in [3.63, 3.8) is 0 Å². The first-order chi connectivity index (χ1) is 11.6. The Morgan fingerprint density at radius 1 is 1.25 bits per heavy atom. The van der Waals surface area contributed by atoms with Crippen LogP contribution in [0.1, 0.15) is 43.6 Å². The van der Waals surface area contributed by atoms with Crippen molar-refractivity contribution >= 4 is 5.91 Å². The number of hydrogen-bond donors (Lipinski definition) is 0. The lowest BCUT2D eigenvalue weighted by Gasteiger charge is -2.34. The summed E-state index contributed by atoms with van der Waals surface area (Å²) in [6.07, 6.45) is 3.67. The molecule has 2 aliphatic carbocycles. The molecule has 0 unspecified atom stereocenters. The Labute approximate surface area is 144 Å². The van der Waals surface area contributed by atoms with Crippen molar-refractivity contribution in [3.05, 3.63) is 23.7 Å². The van der Waals surface area contributed by atoms with Gasteiger partial charge in [0.1, 0.15) is 11.5 Å². The van der Waals surface area contributed by atoms with Crippen LogP contribution in [0.2, 0.25) is 0 Å². The second-order valence-electron chi connectivity index (χ2n) is 7.94. The van der Waals surface area contributed by atoms with E-state index in [1.807, 2.05) is 4.90 Å². The molecule has 24 heavy (non-hydrogen) atoms. The predicted molar refractivity (Wildman–Crippen MR) is 92.7 cm³/mol. The Balaban J connectivity index is 1.34. The summed E-state index contributed by atoms with van der Waals surface area (Å²) < 4.78 is 6.05. The summed E-state index contributed by atoms with van der Waals surface area (Å²) in [7, 11) is 2.12. The van der Waals surface area contributed by atoms with Gasteiger partial charge in [0.25, 0.3) is 0 Å². The highest BCUT2D eigenvalue weighted by atomic mass is 16.3. The molecule has 4 rings (SSSR count). The molecule has 0 N–H and O–H groups in total. The first-order valence-corrected chi connectivity index (χ1v) is 9.39. The molecule has 5 heteroatoms. The number of piperazine rings is 1. The number of carbonyl (C=O) groups excluding carboxylic acids is 1. The summed E-state index contributed by atoms with van der Waals surface area (Å²) in [5.41, 5.74) is 0. The van der Waals surface area contributed by atoms with Gasteiger partial charge in [-0.3, -0.25) is 9.69 Å². The molecule has 0 radical (unpaired) electrons. The van der Waals surface area contributed by atoms with Gasteiger partial charge in [-0.2, -0.15) is 0 Å². The maximum atomic E-state index is 12.6. The van der Waals surface area contributed by atoms with E-state index in [1.165, 1.54) is 19.3 Å². The number of hydrogen-bond acceptors (Lipinski definition) is 4. The average molecular weight is 331 g/mol. The first-order valence-electron chi connectivity index (χ1n) is 9.39. The van der Waals surface area contributed by atoms with Gasteiger partial charge in [-0.15, -0.1) is 0 Å². The van der Waals surface area contributed by atoms with E-state index < -0.39 is 0 Å². The van der Waals surface area contributed by atoms with Gasteiger partial charge in [-0.1, -0.05) is 6.92 Å². The number of amides is 1. The summed E-state index contributed by atoms with van der Waals surface area (Å²) in [5.74, 6) is 3.82. The fraction of sp³-hybridized carbons (Fsp3) is 0.737. The maximum Gasteiger partial charge on any atom is 0.236 e. The van der Waals surface area contributed by atoms with E-state index >= 15 is 0 Å². The number of nitrogens with zero attached hydrogens (tertiary/aromatic N) is 3. The first kappa shape index (κ1) is 16.2. The zero-order valence-corrected chi connectivity index (χ0v) is 14.9. The molecule has 5 nitrogen and oxygen atoms in total. The van der Waals surface area contributed by atoms with Crippen LogP contribution < -0.4 is 0 Å². The minimum Gasteiger partial charge on any atom is -0.464 e. The Hall–Kier alpha value is -1.33. The highest BCUT2D eigenvalue weighted by Crippen LogP contribution is 2.47. The van der Waals surface area contributed by atoms with E-state index in [1.54, 1.807) is 0 Å². The quantitative estimate of drug-likeness (QED) is 0.801. The molecule has 0 spiro atoms. The van der Waals surface area contributed by atoms with Crippen molar-refractivity contribution < 1.29 is 9.21 Å². The summed E-state index contributed by atoms with van der Waals surface area (Å²) in [4.78, 5) is 19.3. The van der Waals surface area contributed by atoms with Gasteiger partial charge in [-0.05, 0) is 44.4 Å². The lowest BCUT2D eigenvalue weighted by Crippen LogP contribution is -2.50. The van der Waals surface area contributed by atoms with Crippen LogP contribution in [0.3, 0.4) is 0 Å². The fourth-order valence-electron chi connectivity index (χ4n) is 3.68. The molecule has 3 fully saturated rings.